The van der Waals surface area contributed by atoms with Gasteiger partial charge in [0.2, 0.25) is 5.43 Å². The number of benzene rings is 1. The summed E-state index contributed by atoms with van der Waals surface area (Å²) in [5.74, 6) is -5.30. The zero-order chi connectivity index (χ0) is 24.2. The molecular weight excluding hydrogens is 404 g/mol. The number of aromatic nitrogens is 1. The van der Waals surface area contributed by atoms with Gasteiger partial charge in [0.1, 0.15) is 17.2 Å². The molecule has 1 unspecified atom stereocenters. The highest BCUT2D eigenvalue weighted by molar-refractivity contribution is 5.99. The third-order valence-corrected chi connectivity index (χ3v) is 4.91. The van der Waals surface area contributed by atoms with Gasteiger partial charge in [-0.15, -0.1) is 0 Å². The second kappa shape index (κ2) is 7.18. The number of rotatable bonds is 3. The van der Waals surface area contributed by atoms with Crippen molar-refractivity contribution in [1.82, 2.24) is 14.8 Å². The van der Waals surface area contributed by atoms with Crippen LogP contribution >= 0.6 is 0 Å². The zero-order valence-corrected chi connectivity index (χ0v) is 15.1. The average molecular weight is 424 g/mol. The maximum atomic E-state index is 13.9. The van der Waals surface area contributed by atoms with E-state index in [1.54, 1.807) is 0 Å². The van der Waals surface area contributed by atoms with Crippen molar-refractivity contribution in [2.45, 2.75) is 31.9 Å². The van der Waals surface area contributed by atoms with Crippen LogP contribution in [0.1, 0.15) is 43.6 Å². The molecule has 158 valence electrons. The minimum absolute atomic E-state index is 0.184. The predicted octanol–water partition coefficient (Wildman–Crippen LogP) is 0.454. The maximum absolute atomic E-state index is 13.9. The number of halogens is 2. The molecule has 11 heteroatoms. The van der Waals surface area contributed by atoms with E-state index in [-0.39, 0.29) is 13.2 Å². The summed E-state index contributed by atoms with van der Waals surface area (Å²) in [6, 6.07) is 0.982. The molecule has 3 N–H and O–H groups in total. The molecular formula is C19H17F2N3O6. The quantitative estimate of drug-likeness (QED) is 0.616. The van der Waals surface area contributed by atoms with Crippen molar-refractivity contribution in [2.24, 2.45) is 0 Å². The van der Waals surface area contributed by atoms with Gasteiger partial charge in [-0.2, -0.15) is 0 Å². The number of nitrogens with one attached hydrogen (secondary N) is 1. The van der Waals surface area contributed by atoms with Crippen LogP contribution in [0.3, 0.4) is 0 Å². The molecule has 1 aromatic carbocycles. The van der Waals surface area contributed by atoms with Crippen LogP contribution in [-0.2, 0) is 11.3 Å². The van der Waals surface area contributed by atoms with Crippen LogP contribution in [0.5, 0.6) is 5.75 Å². The fourth-order valence-electron chi connectivity index (χ4n) is 3.45. The van der Waals surface area contributed by atoms with Gasteiger partial charge in [-0.1, -0.05) is 0 Å². The van der Waals surface area contributed by atoms with Gasteiger partial charge in [-0.25, -0.2) is 8.78 Å². The van der Waals surface area contributed by atoms with E-state index in [1.165, 1.54) is 0 Å². The molecule has 2 aliphatic rings. The summed E-state index contributed by atoms with van der Waals surface area (Å²) in [5, 5.41) is 22.4. The summed E-state index contributed by atoms with van der Waals surface area (Å²) in [4.78, 5) is 39.0. The van der Waals surface area contributed by atoms with Gasteiger partial charge >= 0.3 is 0 Å². The number of fused-ring (bicyclic) bond motifs is 2. The lowest BCUT2D eigenvalue weighted by Gasteiger charge is -2.33. The number of aliphatic hydroxyl groups excluding tert-OH is 1. The molecule has 30 heavy (non-hydrogen) atoms. The highest BCUT2D eigenvalue weighted by atomic mass is 19.1. The lowest BCUT2D eigenvalue weighted by molar-refractivity contribution is 0.00621. The Kier molecular flexibility index (Phi) is 3.95. The highest BCUT2D eigenvalue weighted by Gasteiger charge is 2.42. The van der Waals surface area contributed by atoms with Crippen molar-refractivity contribution in [2.75, 3.05) is 6.61 Å². The number of aliphatic hydroxyl groups is 1. The molecule has 4 rings (SSSR count). The lowest BCUT2D eigenvalue weighted by atomic mass is 10.1. The molecule has 0 bridgehead atoms. The van der Waals surface area contributed by atoms with E-state index in [1.807, 2.05) is 5.32 Å². The van der Waals surface area contributed by atoms with Crippen LogP contribution < -0.4 is 10.7 Å². The van der Waals surface area contributed by atoms with E-state index in [2.05, 4.69) is 0 Å². The second-order valence-electron chi connectivity index (χ2n) is 6.78. The number of ether oxygens (including phenoxy) is 1. The second-order valence-corrected chi connectivity index (χ2v) is 6.78. The highest BCUT2D eigenvalue weighted by Crippen LogP contribution is 2.29. The SMILES string of the molecule is [2H]C([2H])([2H])[C@H]1CO[C@@H]2Cn3cc(C(=O)NC(O)c4ccc(F)cc4F)c(=O)c(O)c3C(=O)N21. The summed E-state index contributed by atoms with van der Waals surface area (Å²) in [7, 11) is 0. The Morgan fingerprint density at radius 2 is 2.17 bits per heavy atom. The predicted molar refractivity (Wildman–Crippen MR) is 96.5 cm³/mol. The zero-order valence-electron chi connectivity index (χ0n) is 18.1. The summed E-state index contributed by atoms with van der Waals surface area (Å²) < 4.78 is 56.1. The number of pyridine rings is 1. The Morgan fingerprint density at radius 3 is 2.87 bits per heavy atom. The van der Waals surface area contributed by atoms with E-state index in [4.69, 9.17) is 8.85 Å². The van der Waals surface area contributed by atoms with Crippen LogP contribution in [-0.4, -0.2) is 50.4 Å². The van der Waals surface area contributed by atoms with Crippen molar-refractivity contribution in [3.05, 3.63) is 63.1 Å². The number of hydrogen-bond donors (Lipinski definition) is 3. The van der Waals surface area contributed by atoms with Crippen LogP contribution in [0.4, 0.5) is 8.78 Å². The largest absolute Gasteiger partial charge is 0.503 e. The molecule has 0 saturated carbocycles. The standard InChI is InChI=1S/C19H17F2N3O6/c1-8-7-30-13-6-23-5-11(15(25)16(26)14(23)19(29)24(8)13)18(28)22-17(27)10-3-2-9(20)4-12(10)21/h2-5,8,13,17,26-27H,6-7H2,1H3,(H,22,28)/t8-,13+,17?/m0/s1/i1D3. The van der Waals surface area contributed by atoms with Crippen LogP contribution in [0.25, 0.3) is 0 Å². The Labute approximate surface area is 172 Å². The molecule has 0 radical (unpaired) electrons. The molecule has 9 nitrogen and oxygen atoms in total. The molecule has 2 aromatic rings. The molecule has 3 heterocycles. The molecule has 3 atom stereocenters. The van der Waals surface area contributed by atoms with E-state index in [0.29, 0.717) is 6.07 Å². The number of carbonyl (C=O) groups is 2. The monoisotopic (exact) mass is 424 g/mol. The summed E-state index contributed by atoms with van der Waals surface area (Å²) in [5.41, 5.74) is -2.92. The fourth-order valence-corrected chi connectivity index (χ4v) is 3.45. The maximum Gasteiger partial charge on any atom is 0.276 e. The Morgan fingerprint density at radius 1 is 1.40 bits per heavy atom. The normalized spacial score (nSPS) is 23.1. The third kappa shape index (κ3) is 3.12. The molecule has 1 saturated heterocycles. The van der Waals surface area contributed by atoms with Gasteiger partial charge < -0.3 is 29.7 Å². The van der Waals surface area contributed by atoms with Crippen molar-refractivity contribution in [1.29, 1.82) is 0 Å². The van der Waals surface area contributed by atoms with Crippen molar-refractivity contribution in [3.63, 3.8) is 0 Å². The van der Waals surface area contributed by atoms with E-state index >= 15 is 0 Å². The molecule has 1 aromatic heterocycles. The molecule has 0 aliphatic carbocycles. The Hall–Kier alpha value is -3.31. The van der Waals surface area contributed by atoms with Crippen molar-refractivity contribution in [3.8, 4) is 5.75 Å². The molecule has 2 amide bonds. The number of hydrogen-bond acceptors (Lipinski definition) is 6. The Balaban J connectivity index is 1.66. The van der Waals surface area contributed by atoms with Gasteiger partial charge in [-0.05, 0) is 19.0 Å². The first-order valence-electron chi connectivity index (χ1n) is 10.2. The van der Waals surface area contributed by atoms with Crippen LogP contribution in [0.15, 0.2) is 29.2 Å². The topological polar surface area (TPSA) is 121 Å². The lowest BCUT2D eigenvalue weighted by Crippen LogP contribution is -2.49. The smallest absolute Gasteiger partial charge is 0.276 e. The van der Waals surface area contributed by atoms with Gasteiger partial charge in [0.15, 0.2) is 23.9 Å². The molecule has 1 fully saturated rings. The fraction of sp³-hybridized carbons (Fsp3) is 0.316. The van der Waals surface area contributed by atoms with Gasteiger partial charge in [0, 0.05) is 21.9 Å². The van der Waals surface area contributed by atoms with E-state index < -0.39 is 76.8 Å². The van der Waals surface area contributed by atoms with Crippen molar-refractivity contribution >= 4 is 11.8 Å². The van der Waals surface area contributed by atoms with Gasteiger partial charge in [0.25, 0.3) is 11.8 Å². The first-order chi connectivity index (χ1) is 15.4. The average Bonchev–Trinajstić information content (AvgIpc) is 3.15. The summed E-state index contributed by atoms with van der Waals surface area (Å²) >= 11 is 0. The first kappa shape index (κ1) is 16.5. The van der Waals surface area contributed by atoms with Gasteiger partial charge in [-0.3, -0.25) is 14.4 Å². The Bertz CT molecular complexity index is 1220. The summed E-state index contributed by atoms with van der Waals surface area (Å²) in [6.45, 7) is -3.03. The number of nitrogens with zero attached hydrogens (tertiary/aromatic N) is 2. The van der Waals surface area contributed by atoms with E-state index in [0.717, 1.165) is 27.8 Å². The minimum atomic E-state index is -2.56. The summed E-state index contributed by atoms with van der Waals surface area (Å²) in [6.07, 6.45) is -2.01. The van der Waals surface area contributed by atoms with E-state index in [9.17, 15) is 33.4 Å². The first-order valence-corrected chi connectivity index (χ1v) is 8.74. The van der Waals surface area contributed by atoms with Gasteiger partial charge in [0.05, 0.1) is 19.2 Å². The molecule has 2 aliphatic heterocycles. The number of aromatic hydroxyl groups is 1. The third-order valence-electron chi connectivity index (χ3n) is 4.91. The minimum Gasteiger partial charge on any atom is -0.503 e. The number of amides is 2. The van der Waals surface area contributed by atoms with Crippen LogP contribution in [0, 0.1) is 11.6 Å². The van der Waals surface area contributed by atoms with Crippen LogP contribution in [0.2, 0.25) is 0 Å². The van der Waals surface area contributed by atoms with Crippen molar-refractivity contribution < 1.29 is 37.4 Å². The molecule has 0 spiro atoms. The number of carbonyl (C=O) groups excluding carboxylic acids is 2.